The minimum atomic E-state index is -1.07. The third-order valence-corrected chi connectivity index (χ3v) is 3.32. The SMILES string of the molecule is CCOC(=O)[C@H](NC(=O)OC(C)(C)C)[C@@H](OC)c1ccc(OCOC)cc1. The zero-order chi connectivity index (χ0) is 20.4. The summed E-state index contributed by atoms with van der Waals surface area (Å²) < 4.78 is 26.0. The predicted molar refractivity (Wildman–Crippen MR) is 98.5 cm³/mol. The van der Waals surface area contributed by atoms with Gasteiger partial charge in [0.15, 0.2) is 12.8 Å². The highest BCUT2D eigenvalue weighted by molar-refractivity contribution is 5.82. The molecule has 0 aliphatic heterocycles. The Labute approximate surface area is 160 Å². The van der Waals surface area contributed by atoms with Crippen molar-refractivity contribution in [1.82, 2.24) is 5.32 Å². The van der Waals surface area contributed by atoms with Crippen LogP contribution in [0.15, 0.2) is 24.3 Å². The highest BCUT2D eigenvalue weighted by Crippen LogP contribution is 2.24. The maximum atomic E-state index is 12.4. The van der Waals surface area contributed by atoms with Gasteiger partial charge >= 0.3 is 12.1 Å². The number of rotatable bonds is 9. The van der Waals surface area contributed by atoms with Gasteiger partial charge in [0.1, 0.15) is 17.5 Å². The van der Waals surface area contributed by atoms with Crippen LogP contribution in [0.4, 0.5) is 4.79 Å². The van der Waals surface area contributed by atoms with Gasteiger partial charge in [-0.15, -0.1) is 0 Å². The number of carbonyl (C=O) groups is 2. The van der Waals surface area contributed by atoms with Gasteiger partial charge in [-0.25, -0.2) is 9.59 Å². The average Bonchev–Trinajstić information content (AvgIpc) is 2.59. The van der Waals surface area contributed by atoms with E-state index in [9.17, 15) is 9.59 Å². The topological polar surface area (TPSA) is 92.3 Å². The zero-order valence-electron chi connectivity index (χ0n) is 16.7. The number of alkyl carbamates (subject to hydrolysis) is 1. The molecule has 1 aromatic rings. The molecule has 152 valence electrons. The molecular weight excluding hydrogens is 354 g/mol. The van der Waals surface area contributed by atoms with Gasteiger partial charge < -0.3 is 29.0 Å². The largest absolute Gasteiger partial charge is 0.468 e. The molecule has 0 saturated carbocycles. The zero-order valence-corrected chi connectivity index (χ0v) is 16.7. The van der Waals surface area contributed by atoms with Crippen molar-refractivity contribution in [3.8, 4) is 5.75 Å². The molecule has 0 heterocycles. The number of ether oxygens (including phenoxy) is 5. The van der Waals surface area contributed by atoms with Crippen LogP contribution in [-0.2, 0) is 23.7 Å². The van der Waals surface area contributed by atoms with E-state index in [1.54, 1.807) is 52.0 Å². The van der Waals surface area contributed by atoms with E-state index in [-0.39, 0.29) is 13.4 Å². The van der Waals surface area contributed by atoms with E-state index in [2.05, 4.69) is 5.32 Å². The van der Waals surface area contributed by atoms with E-state index < -0.39 is 29.8 Å². The van der Waals surface area contributed by atoms with Crippen LogP contribution in [0.25, 0.3) is 0 Å². The first kappa shape index (κ1) is 22.7. The summed E-state index contributed by atoms with van der Waals surface area (Å²) in [5.74, 6) is -0.0156. The lowest BCUT2D eigenvalue weighted by atomic mass is 10.0. The van der Waals surface area contributed by atoms with Crippen molar-refractivity contribution in [2.45, 2.75) is 45.4 Å². The first-order valence-electron chi connectivity index (χ1n) is 8.62. The van der Waals surface area contributed by atoms with Gasteiger partial charge in [0.25, 0.3) is 0 Å². The van der Waals surface area contributed by atoms with Gasteiger partial charge in [-0.05, 0) is 45.4 Å². The quantitative estimate of drug-likeness (QED) is 0.518. The Bertz CT molecular complexity index is 595. The van der Waals surface area contributed by atoms with Crippen LogP contribution >= 0.6 is 0 Å². The van der Waals surface area contributed by atoms with Gasteiger partial charge in [0.05, 0.1) is 6.61 Å². The maximum Gasteiger partial charge on any atom is 0.408 e. The number of carbonyl (C=O) groups excluding carboxylic acids is 2. The third-order valence-electron chi connectivity index (χ3n) is 3.32. The molecule has 2 atom stereocenters. The van der Waals surface area contributed by atoms with Gasteiger partial charge in [-0.3, -0.25) is 0 Å². The van der Waals surface area contributed by atoms with E-state index in [0.717, 1.165) is 0 Å². The van der Waals surface area contributed by atoms with E-state index in [1.165, 1.54) is 14.2 Å². The number of nitrogens with one attached hydrogen (secondary N) is 1. The van der Waals surface area contributed by atoms with Gasteiger partial charge in [-0.1, -0.05) is 12.1 Å². The fraction of sp³-hybridized carbons (Fsp3) is 0.579. The Kier molecular flexibility index (Phi) is 9.04. The molecule has 0 aromatic heterocycles. The van der Waals surface area contributed by atoms with Crippen molar-refractivity contribution in [2.75, 3.05) is 27.6 Å². The molecule has 1 rings (SSSR count). The first-order valence-corrected chi connectivity index (χ1v) is 8.62. The van der Waals surface area contributed by atoms with Crippen LogP contribution in [-0.4, -0.2) is 51.3 Å². The standard InChI is InChI=1S/C19H29NO7/c1-7-25-17(21)15(20-18(22)27-19(2,3)4)16(24-6)13-8-10-14(11-9-13)26-12-23-5/h8-11,15-16H,7,12H2,1-6H3,(H,20,22)/t15-,16+/m1/s1. The van der Waals surface area contributed by atoms with Gasteiger partial charge in [0.2, 0.25) is 0 Å². The van der Waals surface area contributed by atoms with E-state index >= 15 is 0 Å². The van der Waals surface area contributed by atoms with Crippen LogP contribution in [0.5, 0.6) is 5.75 Å². The normalized spacial score (nSPS) is 13.4. The summed E-state index contributed by atoms with van der Waals surface area (Å²) in [5.41, 5.74) is -0.0389. The minimum absolute atomic E-state index is 0.124. The molecule has 0 unspecified atom stereocenters. The van der Waals surface area contributed by atoms with Crippen molar-refractivity contribution in [3.63, 3.8) is 0 Å². The number of benzene rings is 1. The van der Waals surface area contributed by atoms with Gasteiger partial charge in [-0.2, -0.15) is 0 Å². The average molecular weight is 383 g/mol. The van der Waals surface area contributed by atoms with E-state index in [1.807, 2.05) is 0 Å². The summed E-state index contributed by atoms with van der Waals surface area (Å²) in [5, 5.41) is 2.54. The molecule has 0 saturated heterocycles. The minimum Gasteiger partial charge on any atom is -0.468 e. The molecule has 0 aliphatic rings. The highest BCUT2D eigenvalue weighted by atomic mass is 16.7. The maximum absolute atomic E-state index is 12.4. The molecule has 8 nitrogen and oxygen atoms in total. The molecule has 1 aromatic carbocycles. The Balaban J connectivity index is 3.01. The van der Waals surface area contributed by atoms with Crippen molar-refractivity contribution in [3.05, 3.63) is 29.8 Å². The van der Waals surface area contributed by atoms with Gasteiger partial charge in [0, 0.05) is 14.2 Å². The summed E-state index contributed by atoms with van der Waals surface area (Å²) in [7, 11) is 2.98. The Morgan fingerprint density at radius 3 is 2.22 bits per heavy atom. The van der Waals surface area contributed by atoms with Crippen molar-refractivity contribution in [1.29, 1.82) is 0 Å². The Morgan fingerprint density at radius 2 is 1.74 bits per heavy atom. The molecule has 0 spiro atoms. The summed E-state index contributed by atoms with van der Waals surface area (Å²) in [6.07, 6.45) is -1.50. The van der Waals surface area contributed by atoms with E-state index in [0.29, 0.717) is 11.3 Å². The third kappa shape index (κ3) is 7.84. The monoisotopic (exact) mass is 383 g/mol. The molecule has 1 N–H and O–H groups in total. The number of hydrogen-bond donors (Lipinski definition) is 1. The molecular formula is C19H29NO7. The fourth-order valence-corrected chi connectivity index (χ4v) is 2.27. The number of hydrogen-bond acceptors (Lipinski definition) is 7. The molecule has 0 bridgehead atoms. The molecule has 0 aliphatic carbocycles. The molecule has 1 amide bonds. The second kappa shape index (κ2) is 10.7. The van der Waals surface area contributed by atoms with Crippen molar-refractivity contribution >= 4 is 12.1 Å². The molecule has 0 fully saturated rings. The fourth-order valence-electron chi connectivity index (χ4n) is 2.27. The molecule has 27 heavy (non-hydrogen) atoms. The number of methoxy groups -OCH3 is 2. The van der Waals surface area contributed by atoms with Crippen LogP contribution in [0.3, 0.4) is 0 Å². The highest BCUT2D eigenvalue weighted by Gasteiger charge is 2.34. The summed E-state index contributed by atoms with van der Waals surface area (Å²) in [6.45, 7) is 7.19. The lowest BCUT2D eigenvalue weighted by Crippen LogP contribution is -2.48. The Hall–Kier alpha value is -2.32. The van der Waals surface area contributed by atoms with Crippen molar-refractivity contribution < 1.29 is 33.3 Å². The lowest BCUT2D eigenvalue weighted by Gasteiger charge is -2.27. The summed E-state index contributed by atoms with van der Waals surface area (Å²) in [6, 6.07) is 5.84. The van der Waals surface area contributed by atoms with Crippen LogP contribution in [0.1, 0.15) is 39.4 Å². The number of amides is 1. The molecule has 0 radical (unpaired) electrons. The predicted octanol–water partition coefficient (Wildman–Crippen LogP) is 2.81. The van der Waals surface area contributed by atoms with Crippen LogP contribution in [0.2, 0.25) is 0 Å². The molecule has 8 heteroatoms. The first-order chi connectivity index (χ1) is 12.7. The summed E-state index contributed by atoms with van der Waals surface area (Å²) in [4.78, 5) is 24.6. The smallest absolute Gasteiger partial charge is 0.408 e. The number of esters is 1. The Morgan fingerprint density at radius 1 is 1.11 bits per heavy atom. The van der Waals surface area contributed by atoms with Crippen LogP contribution in [0, 0.1) is 0 Å². The second-order valence-electron chi connectivity index (χ2n) is 6.65. The van der Waals surface area contributed by atoms with Crippen molar-refractivity contribution in [2.24, 2.45) is 0 Å². The summed E-state index contributed by atoms with van der Waals surface area (Å²) >= 11 is 0. The van der Waals surface area contributed by atoms with E-state index in [4.69, 9.17) is 23.7 Å². The lowest BCUT2D eigenvalue weighted by molar-refractivity contribution is -0.149. The second-order valence-corrected chi connectivity index (χ2v) is 6.65. The van der Waals surface area contributed by atoms with Crippen LogP contribution < -0.4 is 10.1 Å².